The fourth-order valence-electron chi connectivity index (χ4n) is 0.792. The molecule has 0 aromatic rings. The number of hydrogen-bond acceptors (Lipinski definition) is 6. The fraction of sp³-hybridized carbons (Fsp3) is 0.200. The van der Waals surface area contributed by atoms with Gasteiger partial charge < -0.3 is 10.2 Å². The third-order valence-electron chi connectivity index (χ3n) is 1.34. The van der Waals surface area contributed by atoms with Crippen LogP contribution in [0.15, 0.2) is 24.3 Å². The van der Waals surface area contributed by atoms with Crippen LogP contribution in [0.1, 0.15) is 0 Å². The van der Waals surface area contributed by atoms with E-state index in [2.05, 4.69) is 9.68 Å². The Morgan fingerprint density at radius 2 is 1.11 bits per heavy atom. The van der Waals surface area contributed by atoms with Crippen LogP contribution in [0.2, 0.25) is 0 Å². The summed E-state index contributed by atoms with van der Waals surface area (Å²) in [5.41, 5.74) is 0. The number of carbonyl (C=O) groups is 4. The largest absolute Gasteiger partial charge is 0.478 e. The van der Waals surface area contributed by atoms with Gasteiger partial charge in [0.05, 0.1) is 0 Å². The van der Waals surface area contributed by atoms with E-state index in [4.69, 9.17) is 10.2 Å². The molecule has 0 saturated carbocycles. The van der Waals surface area contributed by atoms with Gasteiger partial charge in [0.15, 0.2) is 14.1 Å². The third-order valence-corrected chi connectivity index (χ3v) is 1.34. The minimum atomic E-state index is -1.34. The Morgan fingerprint density at radius 1 is 0.789 bits per heavy atom. The molecule has 0 atom stereocenters. The first-order chi connectivity index (χ1) is 8.62. The molecule has 0 radical (unpaired) electrons. The zero-order chi connectivity index (χ0) is 15.1. The number of carboxylic acids is 2. The quantitative estimate of drug-likeness (QED) is 0.368. The smallest absolute Gasteiger partial charge is 0.396 e. The third kappa shape index (κ3) is 9.06. The number of carboxylic acid groups (broad SMARTS) is 2. The van der Waals surface area contributed by atoms with E-state index in [0.29, 0.717) is 24.3 Å². The van der Waals surface area contributed by atoms with Crippen molar-refractivity contribution >= 4 is 23.9 Å². The Morgan fingerprint density at radius 3 is 1.37 bits per heavy atom. The van der Waals surface area contributed by atoms with Crippen molar-refractivity contribution in [2.45, 2.75) is 0 Å². The summed E-state index contributed by atoms with van der Waals surface area (Å²) in [5.74, 6) is -4.79. The first-order valence-electron chi connectivity index (χ1n) is 4.75. The summed E-state index contributed by atoms with van der Waals surface area (Å²) in [6.45, 7) is 0. The van der Waals surface area contributed by atoms with Crippen LogP contribution in [0, 0.1) is 0 Å². The Bertz CT molecular complexity index is 408. The van der Waals surface area contributed by atoms with Gasteiger partial charge in [-0.1, -0.05) is 0 Å². The molecule has 0 spiro atoms. The fourth-order valence-corrected chi connectivity index (χ4v) is 0.792. The lowest BCUT2D eigenvalue weighted by molar-refractivity contribution is -1.20. The first-order valence-corrected chi connectivity index (χ1v) is 4.75. The second kappa shape index (κ2) is 6.91. The molecule has 2 N–H and O–H groups in total. The van der Waals surface area contributed by atoms with E-state index in [1.165, 1.54) is 14.1 Å². The number of hydroxylamine groups is 4. The van der Waals surface area contributed by atoms with Crippen molar-refractivity contribution in [3.63, 3.8) is 0 Å². The van der Waals surface area contributed by atoms with Gasteiger partial charge in [0.25, 0.3) is 0 Å². The maximum absolute atomic E-state index is 11.1. The van der Waals surface area contributed by atoms with Crippen molar-refractivity contribution in [3.8, 4) is 0 Å². The number of carbonyl (C=O) groups excluding carboxylic acids is 2. The van der Waals surface area contributed by atoms with Gasteiger partial charge in [-0.2, -0.15) is 0 Å². The molecule has 0 aliphatic heterocycles. The summed E-state index contributed by atoms with van der Waals surface area (Å²) in [6, 6.07) is 0. The van der Waals surface area contributed by atoms with E-state index in [9.17, 15) is 19.2 Å². The Kier molecular flexibility index (Phi) is 5.94. The lowest BCUT2D eigenvalue weighted by atomic mass is 10.5. The number of quaternary nitrogens is 1. The van der Waals surface area contributed by atoms with E-state index < -0.39 is 28.7 Å². The normalized spacial score (nSPS) is 11.5. The minimum Gasteiger partial charge on any atom is -0.478 e. The summed E-state index contributed by atoms with van der Waals surface area (Å²) in [6.07, 6.45) is 2.36. The molecular formula is C10H12NO8+. The van der Waals surface area contributed by atoms with Crippen LogP contribution >= 0.6 is 0 Å². The van der Waals surface area contributed by atoms with Crippen LogP contribution in [-0.2, 0) is 28.9 Å². The van der Waals surface area contributed by atoms with Crippen LogP contribution in [0.4, 0.5) is 0 Å². The van der Waals surface area contributed by atoms with Crippen molar-refractivity contribution in [3.05, 3.63) is 24.3 Å². The zero-order valence-corrected chi connectivity index (χ0v) is 10.1. The van der Waals surface area contributed by atoms with Crippen LogP contribution in [0.5, 0.6) is 0 Å². The summed E-state index contributed by atoms with van der Waals surface area (Å²) >= 11 is 0. The highest BCUT2D eigenvalue weighted by Crippen LogP contribution is 2.03. The van der Waals surface area contributed by atoms with E-state index in [1.54, 1.807) is 0 Å². The predicted octanol–water partition coefficient (Wildman–Crippen LogP) is -0.739. The molecule has 9 heteroatoms. The van der Waals surface area contributed by atoms with Gasteiger partial charge in [-0.15, -0.1) is 0 Å². The van der Waals surface area contributed by atoms with Crippen LogP contribution < -0.4 is 0 Å². The van der Waals surface area contributed by atoms with Crippen LogP contribution in [-0.4, -0.2) is 53.0 Å². The van der Waals surface area contributed by atoms with E-state index >= 15 is 0 Å². The van der Waals surface area contributed by atoms with E-state index in [-0.39, 0.29) is 0 Å². The SMILES string of the molecule is C[N+](C)(OC(=O)/C=C/C(=O)O)OC(=O)/C=C/C(=O)O. The Balaban J connectivity index is 4.47. The van der Waals surface area contributed by atoms with Gasteiger partial charge in [-0.3, -0.25) is 0 Å². The van der Waals surface area contributed by atoms with Gasteiger partial charge in [0.2, 0.25) is 0 Å². The van der Waals surface area contributed by atoms with Gasteiger partial charge in [0, 0.05) is 29.1 Å². The highest BCUT2D eigenvalue weighted by molar-refractivity contribution is 5.91. The van der Waals surface area contributed by atoms with Gasteiger partial charge >= 0.3 is 23.9 Å². The van der Waals surface area contributed by atoms with Gasteiger partial charge in [-0.25, -0.2) is 28.9 Å². The van der Waals surface area contributed by atoms with E-state index in [0.717, 1.165) is 0 Å². The lowest BCUT2D eigenvalue weighted by Gasteiger charge is -2.20. The number of nitrogens with zero attached hydrogens (tertiary/aromatic N) is 1. The average molecular weight is 274 g/mol. The molecule has 0 unspecified atom stereocenters. The average Bonchev–Trinajstić information content (AvgIpc) is 2.22. The summed E-state index contributed by atoms with van der Waals surface area (Å²) < 4.78 is 0. The molecule has 0 bridgehead atoms. The molecule has 0 amide bonds. The topological polar surface area (TPSA) is 127 Å². The van der Waals surface area contributed by atoms with Gasteiger partial charge in [-0.05, 0) is 0 Å². The molecule has 0 aliphatic carbocycles. The molecule has 0 heterocycles. The summed E-state index contributed by atoms with van der Waals surface area (Å²) in [7, 11) is 2.33. The Hall–Kier alpha value is -2.68. The summed E-state index contributed by atoms with van der Waals surface area (Å²) in [4.78, 5) is 50.7. The molecule has 0 aromatic heterocycles. The highest BCUT2D eigenvalue weighted by atomic mass is 17.0. The maximum Gasteiger partial charge on any atom is 0.396 e. The second-order valence-electron chi connectivity index (χ2n) is 3.42. The predicted molar refractivity (Wildman–Crippen MR) is 57.8 cm³/mol. The molecule has 0 rings (SSSR count). The molecule has 0 fully saturated rings. The molecule has 9 nitrogen and oxygen atoms in total. The molecule has 104 valence electrons. The van der Waals surface area contributed by atoms with Crippen molar-refractivity contribution in [2.75, 3.05) is 14.1 Å². The minimum absolute atomic E-state index is 0.550. The highest BCUT2D eigenvalue weighted by Gasteiger charge is 2.26. The first kappa shape index (κ1) is 16.3. The van der Waals surface area contributed by atoms with E-state index in [1.807, 2.05) is 0 Å². The van der Waals surface area contributed by atoms with Crippen LogP contribution in [0.25, 0.3) is 0 Å². The lowest BCUT2D eigenvalue weighted by Crippen LogP contribution is -2.42. The van der Waals surface area contributed by atoms with Crippen molar-refractivity contribution in [1.29, 1.82) is 0 Å². The maximum atomic E-state index is 11.1. The number of rotatable bonds is 6. The number of aliphatic carboxylic acids is 2. The van der Waals surface area contributed by atoms with Crippen LogP contribution in [0.3, 0.4) is 0 Å². The van der Waals surface area contributed by atoms with Crippen molar-refractivity contribution < 1.29 is 43.9 Å². The monoisotopic (exact) mass is 274 g/mol. The van der Waals surface area contributed by atoms with Crippen molar-refractivity contribution in [1.82, 2.24) is 0 Å². The molecule has 19 heavy (non-hydrogen) atoms. The number of hydrogen-bond donors (Lipinski definition) is 2. The zero-order valence-electron chi connectivity index (χ0n) is 10.1. The molecule has 0 saturated heterocycles. The molecular weight excluding hydrogens is 262 g/mol. The molecule has 0 aromatic carbocycles. The summed E-state index contributed by atoms with van der Waals surface area (Å²) in [5, 5.41) is 16.6. The molecule has 0 aliphatic rings. The van der Waals surface area contributed by atoms with Crippen molar-refractivity contribution in [2.24, 2.45) is 0 Å². The Labute approximate surface area is 107 Å². The standard InChI is InChI=1S/C10H11NO8/c1-11(2,18-9(16)5-3-7(12)13)19-10(17)6-4-8(14)15/h3-6H,1-2H3,(H-,12,13,14,15)/p+1/b5-3+,6-4+. The van der Waals surface area contributed by atoms with Gasteiger partial charge in [0.1, 0.15) is 0 Å². The second-order valence-corrected chi connectivity index (χ2v) is 3.42.